The molecule has 50 heavy (non-hydrogen) atoms. The van der Waals surface area contributed by atoms with Crippen molar-refractivity contribution in [1.82, 2.24) is 9.97 Å². The van der Waals surface area contributed by atoms with Gasteiger partial charge in [-0.3, -0.25) is 0 Å². The van der Waals surface area contributed by atoms with Crippen LogP contribution in [0.4, 0.5) is 0 Å². The van der Waals surface area contributed by atoms with Gasteiger partial charge < -0.3 is 0 Å². The molecule has 0 saturated carbocycles. The highest BCUT2D eigenvalue weighted by atomic mass is 14.7. The number of pyridine rings is 2. The number of benzene rings is 8. The van der Waals surface area contributed by atoms with Gasteiger partial charge in [0.25, 0.3) is 0 Å². The number of fused-ring (bicyclic) bond motifs is 7. The van der Waals surface area contributed by atoms with Gasteiger partial charge in [-0.25, -0.2) is 9.97 Å². The van der Waals surface area contributed by atoms with Crippen molar-refractivity contribution in [3.05, 3.63) is 182 Å². The lowest BCUT2D eigenvalue weighted by atomic mass is 9.90. The average Bonchev–Trinajstić information content (AvgIpc) is 3.20. The Labute approximate surface area is 290 Å². The molecule has 2 heteroatoms. The highest BCUT2D eigenvalue weighted by Gasteiger charge is 2.18. The highest BCUT2D eigenvalue weighted by Crippen LogP contribution is 2.42. The smallest absolute Gasteiger partial charge is 0.0795 e. The first-order valence-corrected chi connectivity index (χ1v) is 17.1. The van der Waals surface area contributed by atoms with E-state index >= 15 is 0 Å². The van der Waals surface area contributed by atoms with Crippen LogP contribution in [0.3, 0.4) is 0 Å². The molecule has 0 fully saturated rings. The van der Waals surface area contributed by atoms with E-state index in [9.17, 15) is 0 Å². The third-order valence-corrected chi connectivity index (χ3v) is 10.0. The lowest BCUT2D eigenvalue weighted by molar-refractivity contribution is 1.40. The Hall–Kier alpha value is -6.64. The Kier molecular flexibility index (Phi) is 6.53. The third kappa shape index (κ3) is 4.73. The summed E-state index contributed by atoms with van der Waals surface area (Å²) in [5, 5.41) is 9.29. The van der Waals surface area contributed by atoms with Gasteiger partial charge in [-0.1, -0.05) is 133 Å². The monoisotopic (exact) mass is 634 g/mol. The molecule has 2 nitrogen and oxygen atoms in total. The van der Waals surface area contributed by atoms with Crippen molar-refractivity contribution in [3.63, 3.8) is 0 Å². The van der Waals surface area contributed by atoms with Crippen molar-refractivity contribution < 1.29 is 0 Å². The zero-order valence-corrected chi connectivity index (χ0v) is 27.2. The normalized spacial score (nSPS) is 11.6. The first kappa shape index (κ1) is 28.4. The molecule has 2 heterocycles. The minimum absolute atomic E-state index is 0.953. The molecule has 8 aromatic carbocycles. The van der Waals surface area contributed by atoms with E-state index in [1.54, 1.807) is 0 Å². The van der Waals surface area contributed by atoms with Gasteiger partial charge in [-0.15, -0.1) is 0 Å². The van der Waals surface area contributed by atoms with E-state index < -0.39 is 0 Å². The summed E-state index contributed by atoms with van der Waals surface area (Å²) in [7, 11) is 0. The predicted octanol–water partition coefficient (Wildman–Crippen LogP) is 12.9. The molecule has 0 N–H and O–H groups in total. The molecular weight excluding hydrogens is 605 g/mol. The summed E-state index contributed by atoms with van der Waals surface area (Å²) < 4.78 is 0. The summed E-state index contributed by atoms with van der Waals surface area (Å²) >= 11 is 0. The SMILES string of the molecule is c1ccc(-c2cc3c(cc(-c4ccccc4)c4ccc(-c5ccc6ccccc6c5)nc43)c3nc(-c4ccc5ccccc5c4)ccc23)cc1. The van der Waals surface area contributed by atoms with Gasteiger partial charge >= 0.3 is 0 Å². The second-order valence-electron chi connectivity index (χ2n) is 13.0. The van der Waals surface area contributed by atoms with Gasteiger partial charge in [-0.05, 0) is 92.3 Å². The summed E-state index contributed by atoms with van der Waals surface area (Å²) in [6.07, 6.45) is 0. The zero-order valence-electron chi connectivity index (χ0n) is 27.2. The fourth-order valence-electron chi connectivity index (χ4n) is 7.49. The van der Waals surface area contributed by atoms with Crippen molar-refractivity contribution in [3.8, 4) is 44.8 Å². The van der Waals surface area contributed by atoms with E-state index in [4.69, 9.17) is 9.97 Å². The molecule has 0 atom stereocenters. The highest BCUT2D eigenvalue weighted by molar-refractivity contribution is 6.22. The fourth-order valence-corrected chi connectivity index (χ4v) is 7.49. The van der Waals surface area contributed by atoms with Crippen LogP contribution < -0.4 is 0 Å². The van der Waals surface area contributed by atoms with Gasteiger partial charge in [0.1, 0.15) is 0 Å². The number of hydrogen-bond donors (Lipinski definition) is 0. The largest absolute Gasteiger partial charge is 0.247 e. The Morgan fingerprint density at radius 1 is 0.260 bits per heavy atom. The number of hydrogen-bond acceptors (Lipinski definition) is 2. The van der Waals surface area contributed by atoms with E-state index in [1.807, 2.05) is 0 Å². The maximum Gasteiger partial charge on any atom is 0.0795 e. The second-order valence-corrected chi connectivity index (χ2v) is 13.0. The van der Waals surface area contributed by atoms with E-state index in [1.165, 1.54) is 21.5 Å². The summed E-state index contributed by atoms with van der Waals surface area (Å²) in [4.78, 5) is 11.0. The van der Waals surface area contributed by atoms with Crippen molar-refractivity contribution >= 4 is 54.1 Å². The fraction of sp³-hybridized carbons (Fsp3) is 0. The van der Waals surface area contributed by atoms with Crippen molar-refractivity contribution in [2.24, 2.45) is 0 Å². The Morgan fingerprint density at radius 3 is 1.10 bits per heavy atom. The van der Waals surface area contributed by atoms with Gasteiger partial charge in [-0.2, -0.15) is 0 Å². The molecule has 0 bridgehead atoms. The summed E-state index contributed by atoms with van der Waals surface area (Å²) in [6.45, 7) is 0. The average molecular weight is 635 g/mol. The number of aromatic nitrogens is 2. The van der Waals surface area contributed by atoms with E-state index in [-0.39, 0.29) is 0 Å². The van der Waals surface area contributed by atoms with E-state index in [0.29, 0.717) is 0 Å². The third-order valence-electron chi connectivity index (χ3n) is 10.0. The lowest BCUT2D eigenvalue weighted by Crippen LogP contribution is -1.94. The van der Waals surface area contributed by atoms with Crippen LogP contribution in [-0.2, 0) is 0 Å². The zero-order chi connectivity index (χ0) is 33.0. The van der Waals surface area contributed by atoms with Crippen LogP contribution in [0.2, 0.25) is 0 Å². The summed E-state index contributed by atoms with van der Waals surface area (Å²) in [6, 6.07) is 65.0. The Balaban J connectivity index is 1.31. The van der Waals surface area contributed by atoms with E-state index in [2.05, 4.69) is 182 Å². The number of nitrogens with zero attached hydrogens (tertiary/aromatic N) is 2. The van der Waals surface area contributed by atoms with Crippen LogP contribution in [0.1, 0.15) is 0 Å². The first-order valence-electron chi connectivity index (χ1n) is 17.1. The molecule has 2 aromatic heterocycles. The van der Waals surface area contributed by atoms with Crippen LogP contribution in [0, 0.1) is 0 Å². The first-order chi connectivity index (χ1) is 24.8. The molecule has 232 valence electrons. The van der Waals surface area contributed by atoms with Crippen molar-refractivity contribution in [2.75, 3.05) is 0 Å². The maximum absolute atomic E-state index is 5.50. The Bertz CT molecular complexity index is 2710. The quantitative estimate of drug-likeness (QED) is 0.180. The maximum atomic E-state index is 5.50. The molecule has 0 aliphatic rings. The van der Waals surface area contributed by atoms with Crippen LogP contribution in [0.15, 0.2) is 182 Å². The minimum atomic E-state index is 0.953. The molecule has 0 unspecified atom stereocenters. The van der Waals surface area contributed by atoms with Crippen molar-refractivity contribution in [1.29, 1.82) is 0 Å². The molecule has 0 spiro atoms. The Morgan fingerprint density at radius 2 is 0.660 bits per heavy atom. The second kappa shape index (κ2) is 11.5. The van der Waals surface area contributed by atoms with Crippen LogP contribution in [-0.4, -0.2) is 9.97 Å². The summed E-state index contributed by atoms with van der Waals surface area (Å²) in [5.41, 5.74) is 10.7. The van der Waals surface area contributed by atoms with Crippen LogP contribution >= 0.6 is 0 Å². The molecular formula is C48H30N2. The van der Waals surface area contributed by atoms with E-state index in [0.717, 1.165) is 77.3 Å². The molecule has 0 radical (unpaired) electrons. The molecule has 10 rings (SSSR count). The predicted molar refractivity (Wildman–Crippen MR) is 211 cm³/mol. The molecule has 0 amide bonds. The number of rotatable bonds is 4. The topological polar surface area (TPSA) is 25.8 Å². The molecule has 0 saturated heterocycles. The standard InChI is InChI=1S/C48H30N2/c1-3-13-33(14-4-1)41-29-43-44(47-39(41)23-25-45(49-47)37-21-19-31-11-7-9-17-35(31)27-37)30-42(34-15-5-2-6-16-34)40-24-26-46(50-48(40)43)38-22-20-32-12-8-10-18-36(32)28-38/h1-30H. The summed E-state index contributed by atoms with van der Waals surface area (Å²) in [5.74, 6) is 0. The molecule has 0 aliphatic heterocycles. The van der Waals surface area contributed by atoms with Gasteiger partial charge in [0.05, 0.1) is 22.4 Å². The van der Waals surface area contributed by atoms with Crippen LogP contribution in [0.25, 0.3) is 98.9 Å². The van der Waals surface area contributed by atoms with Gasteiger partial charge in [0, 0.05) is 32.7 Å². The van der Waals surface area contributed by atoms with Gasteiger partial charge in [0.15, 0.2) is 0 Å². The van der Waals surface area contributed by atoms with Gasteiger partial charge in [0.2, 0.25) is 0 Å². The van der Waals surface area contributed by atoms with Crippen molar-refractivity contribution in [2.45, 2.75) is 0 Å². The molecule has 10 aromatic rings. The van der Waals surface area contributed by atoms with Crippen LogP contribution in [0.5, 0.6) is 0 Å². The minimum Gasteiger partial charge on any atom is -0.247 e. The lowest BCUT2D eigenvalue weighted by Gasteiger charge is -2.17. The molecule has 0 aliphatic carbocycles.